The van der Waals surface area contributed by atoms with Crippen molar-refractivity contribution in [1.82, 2.24) is 10.2 Å². The number of hydrogen-bond acceptors (Lipinski definition) is 4. The Morgan fingerprint density at radius 3 is 2.45 bits per heavy atom. The van der Waals surface area contributed by atoms with Crippen molar-refractivity contribution in [3.8, 4) is 11.8 Å². The van der Waals surface area contributed by atoms with E-state index in [0.29, 0.717) is 29.5 Å². The lowest BCUT2D eigenvalue weighted by Crippen LogP contribution is -2.36. The maximum atomic E-state index is 12.8. The molecule has 2 aromatic carbocycles. The minimum atomic E-state index is -0.101. The first-order valence-electron chi connectivity index (χ1n) is 9.95. The topological polar surface area (TPSA) is 82.4 Å². The van der Waals surface area contributed by atoms with Gasteiger partial charge in [0.15, 0.2) is 6.61 Å². The zero-order chi connectivity index (χ0) is 20.2. The van der Waals surface area contributed by atoms with Crippen molar-refractivity contribution in [3.63, 3.8) is 0 Å². The van der Waals surface area contributed by atoms with Crippen LogP contribution in [0, 0.1) is 11.3 Å². The van der Waals surface area contributed by atoms with Crippen LogP contribution in [0.4, 0.5) is 0 Å². The van der Waals surface area contributed by atoms with Gasteiger partial charge < -0.3 is 15.0 Å². The molecule has 0 atom stereocenters. The predicted octanol–water partition coefficient (Wildman–Crippen LogP) is 3.02. The van der Waals surface area contributed by atoms with Crippen molar-refractivity contribution in [2.24, 2.45) is 0 Å². The average Bonchev–Trinajstić information content (AvgIpc) is 3.66. The second kappa shape index (κ2) is 8.36. The van der Waals surface area contributed by atoms with Crippen LogP contribution in [0.25, 0.3) is 0 Å². The van der Waals surface area contributed by atoms with Crippen LogP contribution < -0.4 is 10.1 Å². The van der Waals surface area contributed by atoms with Gasteiger partial charge in [0.1, 0.15) is 11.8 Å². The van der Waals surface area contributed by atoms with Crippen molar-refractivity contribution in [3.05, 3.63) is 65.2 Å². The van der Waals surface area contributed by atoms with E-state index >= 15 is 0 Å². The van der Waals surface area contributed by atoms with Crippen molar-refractivity contribution >= 4 is 11.8 Å². The molecule has 1 N–H and O–H groups in total. The van der Waals surface area contributed by atoms with Gasteiger partial charge in [-0.05, 0) is 55.5 Å². The van der Waals surface area contributed by atoms with E-state index in [-0.39, 0.29) is 24.5 Å². The molecule has 0 bridgehead atoms. The number of ether oxygens (including phenoxy) is 1. The second-order valence-electron chi connectivity index (χ2n) is 7.59. The van der Waals surface area contributed by atoms with Crippen molar-refractivity contribution < 1.29 is 14.3 Å². The summed E-state index contributed by atoms with van der Waals surface area (Å²) in [5.74, 6) is 0.277. The molecule has 0 aliphatic heterocycles. The molecular weight excluding hydrogens is 366 g/mol. The van der Waals surface area contributed by atoms with Crippen molar-refractivity contribution in [2.75, 3.05) is 6.61 Å². The number of nitriles is 1. The number of para-hydroxylation sites is 1. The van der Waals surface area contributed by atoms with E-state index in [2.05, 4.69) is 11.4 Å². The molecule has 6 nitrogen and oxygen atoms in total. The lowest BCUT2D eigenvalue weighted by atomic mass is 10.1. The quantitative estimate of drug-likeness (QED) is 0.752. The fourth-order valence-corrected chi connectivity index (χ4v) is 3.17. The molecule has 0 aromatic heterocycles. The molecule has 148 valence electrons. The summed E-state index contributed by atoms with van der Waals surface area (Å²) in [6, 6.07) is 16.9. The summed E-state index contributed by atoms with van der Waals surface area (Å²) in [5, 5.41) is 12.1. The summed E-state index contributed by atoms with van der Waals surface area (Å²) >= 11 is 0. The second-order valence-corrected chi connectivity index (χ2v) is 7.59. The molecular formula is C23H23N3O3. The predicted molar refractivity (Wildman–Crippen MR) is 107 cm³/mol. The number of hydrogen-bond donors (Lipinski definition) is 1. The zero-order valence-corrected chi connectivity index (χ0v) is 16.1. The van der Waals surface area contributed by atoms with Gasteiger partial charge >= 0.3 is 0 Å². The number of carbonyl (C=O) groups excluding carboxylic acids is 2. The Bertz CT molecular complexity index is 941. The third kappa shape index (κ3) is 4.94. The monoisotopic (exact) mass is 389 g/mol. The van der Waals surface area contributed by atoms with Gasteiger partial charge in [0.25, 0.3) is 11.8 Å². The van der Waals surface area contributed by atoms with Gasteiger partial charge in [-0.1, -0.05) is 24.3 Å². The van der Waals surface area contributed by atoms with Crippen molar-refractivity contribution in [2.45, 2.75) is 44.3 Å². The standard InChI is InChI=1S/C23H23N3O3/c24-13-18-3-1-2-4-21(18)29-15-22(27)26(20-11-12-20)14-16-5-7-17(8-6-16)23(28)25-19-9-10-19/h1-8,19-20H,9-12,14-15H2,(H,25,28). The molecule has 2 aromatic rings. The van der Waals surface area contributed by atoms with Gasteiger partial charge in [0.05, 0.1) is 5.56 Å². The van der Waals surface area contributed by atoms with Crippen LogP contribution >= 0.6 is 0 Å². The summed E-state index contributed by atoms with van der Waals surface area (Å²) < 4.78 is 5.61. The van der Waals surface area contributed by atoms with Gasteiger partial charge in [-0.2, -0.15) is 5.26 Å². The number of nitrogens with one attached hydrogen (secondary N) is 1. The molecule has 0 saturated heterocycles. The number of amides is 2. The molecule has 4 rings (SSSR count). The fraction of sp³-hybridized carbons (Fsp3) is 0.348. The Balaban J connectivity index is 1.37. The minimum absolute atomic E-state index is 0.0428. The Labute approximate surface area is 170 Å². The highest BCUT2D eigenvalue weighted by molar-refractivity contribution is 5.94. The lowest BCUT2D eigenvalue weighted by molar-refractivity contribution is -0.134. The highest BCUT2D eigenvalue weighted by atomic mass is 16.5. The molecule has 0 spiro atoms. The minimum Gasteiger partial charge on any atom is -0.482 e. The van der Waals surface area contributed by atoms with Gasteiger partial charge in [-0.15, -0.1) is 0 Å². The molecule has 0 heterocycles. The maximum absolute atomic E-state index is 12.8. The van der Waals surface area contributed by atoms with E-state index in [1.54, 1.807) is 24.3 Å². The van der Waals surface area contributed by atoms with Crippen LogP contribution in [-0.2, 0) is 11.3 Å². The van der Waals surface area contributed by atoms with E-state index in [0.717, 1.165) is 31.2 Å². The fourth-order valence-electron chi connectivity index (χ4n) is 3.17. The Hall–Kier alpha value is -3.33. The number of carbonyl (C=O) groups is 2. The van der Waals surface area contributed by atoms with Crippen LogP contribution in [0.2, 0.25) is 0 Å². The average molecular weight is 389 g/mol. The highest BCUT2D eigenvalue weighted by Gasteiger charge is 2.33. The normalized spacial score (nSPS) is 15.3. The SMILES string of the molecule is N#Cc1ccccc1OCC(=O)N(Cc1ccc(C(=O)NC2CC2)cc1)C1CC1. The third-order valence-corrected chi connectivity index (χ3v) is 5.15. The first-order chi connectivity index (χ1) is 14.1. The number of benzene rings is 2. The Kier molecular flexibility index (Phi) is 5.48. The van der Waals surface area contributed by atoms with E-state index in [1.165, 1.54) is 0 Å². The van der Waals surface area contributed by atoms with E-state index < -0.39 is 0 Å². The molecule has 6 heteroatoms. The number of rotatable bonds is 8. The molecule has 2 aliphatic rings. The van der Waals surface area contributed by atoms with E-state index in [1.807, 2.05) is 29.2 Å². The molecule has 0 unspecified atom stereocenters. The van der Waals surface area contributed by atoms with Crippen LogP contribution in [0.3, 0.4) is 0 Å². The first kappa shape index (κ1) is 19.0. The summed E-state index contributed by atoms with van der Waals surface area (Å²) in [4.78, 5) is 26.7. The van der Waals surface area contributed by atoms with Gasteiger partial charge in [0, 0.05) is 24.2 Å². The zero-order valence-electron chi connectivity index (χ0n) is 16.1. The Morgan fingerprint density at radius 1 is 1.07 bits per heavy atom. The Morgan fingerprint density at radius 2 is 1.79 bits per heavy atom. The summed E-state index contributed by atoms with van der Waals surface area (Å²) in [6.45, 7) is 0.383. The van der Waals surface area contributed by atoms with Crippen LogP contribution in [0.5, 0.6) is 5.75 Å². The summed E-state index contributed by atoms with van der Waals surface area (Å²) in [7, 11) is 0. The van der Waals surface area contributed by atoms with Crippen LogP contribution in [-0.4, -0.2) is 35.4 Å². The largest absolute Gasteiger partial charge is 0.482 e. The van der Waals surface area contributed by atoms with Crippen molar-refractivity contribution in [1.29, 1.82) is 5.26 Å². The molecule has 2 fully saturated rings. The van der Waals surface area contributed by atoms with Crippen LogP contribution in [0.1, 0.15) is 47.2 Å². The number of nitrogens with zero attached hydrogens (tertiary/aromatic N) is 2. The molecule has 2 aliphatic carbocycles. The summed E-state index contributed by atoms with van der Waals surface area (Å²) in [6.07, 6.45) is 4.09. The smallest absolute Gasteiger partial charge is 0.261 e. The highest BCUT2D eigenvalue weighted by Crippen LogP contribution is 2.29. The van der Waals surface area contributed by atoms with Crippen LogP contribution in [0.15, 0.2) is 48.5 Å². The van der Waals surface area contributed by atoms with Gasteiger partial charge in [-0.3, -0.25) is 9.59 Å². The molecule has 29 heavy (non-hydrogen) atoms. The molecule has 2 amide bonds. The third-order valence-electron chi connectivity index (χ3n) is 5.15. The first-order valence-corrected chi connectivity index (χ1v) is 9.95. The van der Waals surface area contributed by atoms with Gasteiger partial charge in [0.2, 0.25) is 0 Å². The van der Waals surface area contributed by atoms with E-state index in [4.69, 9.17) is 10.00 Å². The van der Waals surface area contributed by atoms with Gasteiger partial charge in [-0.25, -0.2) is 0 Å². The lowest BCUT2D eigenvalue weighted by Gasteiger charge is -2.23. The maximum Gasteiger partial charge on any atom is 0.261 e. The van der Waals surface area contributed by atoms with E-state index in [9.17, 15) is 9.59 Å². The summed E-state index contributed by atoms with van der Waals surface area (Å²) in [5.41, 5.74) is 2.03. The molecule has 0 radical (unpaired) electrons. The molecule has 2 saturated carbocycles.